The van der Waals surface area contributed by atoms with Crippen LogP contribution < -0.4 is 10.1 Å². The minimum Gasteiger partial charge on any atom is -0.481 e. The van der Waals surface area contributed by atoms with Crippen LogP contribution in [0.2, 0.25) is 0 Å². The molecule has 0 aliphatic carbocycles. The molecule has 2 N–H and O–H groups in total. The molecule has 25 heavy (non-hydrogen) atoms. The van der Waals surface area contributed by atoms with Gasteiger partial charge in [0.15, 0.2) is 0 Å². The first kappa shape index (κ1) is 18.2. The molecule has 0 aromatic heterocycles. The summed E-state index contributed by atoms with van der Waals surface area (Å²) in [5.41, 5.74) is 1.87. The number of nitrogens with one attached hydrogen (secondary N) is 1. The summed E-state index contributed by atoms with van der Waals surface area (Å²) in [5, 5.41) is 11.4. The lowest BCUT2D eigenvalue weighted by molar-refractivity contribution is -0.137. The van der Waals surface area contributed by atoms with E-state index in [2.05, 4.69) is 5.32 Å². The molecule has 0 atom stereocenters. The van der Waals surface area contributed by atoms with Crippen LogP contribution in [0.4, 0.5) is 5.69 Å². The van der Waals surface area contributed by atoms with Gasteiger partial charge in [0.2, 0.25) is 0 Å². The fourth-order valence-corrected chi connectivity index (χ4v) is 2.29. The summed E-state index contributed by atoms with van der Waals surface area (Å²) in [7, 11) is 0. The number of amides is 1. The molecule has 0 fully saturated rings. The highest BCUT2D eigenvalue weighted by Gasteiger charge is 2.13. The van der Waals surface area contributed by atoms with E-state index in [0.717, 1.165) is 5.56 Å². The minimum absolute atomic E-state index is 0.130. The van der Waals surface area contributed by atoms with Crippen molar-refractivity contribution in [2.75, 3.05) is 5.32 Å². The SMILES string of the molecule is CC(=O)Oc1ccccc1C(=O)Nc1ccc(CCCC(=O)O)cc1. The Balaban J connectivity index is 2.01. The van der Waals surface area contributed by atoms with Crippen LogP contribution in [0.25, 0.3) is 0 Å². The maximum absolute atomic E-state index is 12.4. The molecule has 0 aliphatic heterocycles. The third-order valence-electron chi connectivity index (χ3n) is 3.45. The molecule has 2 rings (SSSR count). The lowest BCUT2D eigenvalue weighted by Gasteiger charge is -2.10. The fraction of sp³-hybridized carbons (Fsp3) is 0.211. The Morgan fingerprint density at radius 1 is 1.04 bits per heavy atom. The monoisotopic (exact) mass is 341 g/mol. The molecule has 0 aliphatic rings. The first-order valence-electron chi connectivity index (χ1n) is 7.85. The fourth-order valence-electron chi connectivity index (χ4n) is 2.29. The Morgan fingerprint density at radius 2 is 1.72 bits per heavy atom. The zero-order valence-electron chi connectivity index (χ0n) is 13.8. The zero-order valence-corrected chi connectivity index (χ0v) is 13.8. The summed E-state index contributed by atoms with van der Waals surface area (Å²) in [5.74, 6) is -1.48. The topological polar surface area (TPSA) is 92.7 Å². The van der Waals surface area contributed by atoms with Crippen LogP contribution in [-0.2, 0) is 16.0 Å². The number of para-hydroxylation sites is 1. The molecular formula is C19H19NO5. The van der Waals surface area contributed by atoms with Gasteiger partial charge in [-0.1, -0.05) is 24.3 Å². The Kier molecular flexibility index (Phi) is 6.28. The molecule has 0 radical (unpaired) electrons. The van der Waals surface area contributed by atoms with Crippen molar-refractivity contribution in [3.63, 3.8) is 0 Å². The van der Waals surface area contributed by atoms with Crippen molar-refractivity contribution in [3.8, 4) is 5.75 Å². The van der Waals surface area contributed by atoms with Gasteiger partial charge in [-0.25, -0.2) is 0 Å². The second kappa shape index (κ2) is 8.63. The smallest absolute Gasteiger partial charge is 0.308 e. The van der Waals surface area contributed by atoms with Gasteiger partial charge < -0.3 is 15.2 Å². The van der Waals surface area contributed by atoms with E-state index >= 15 is 0 Å². The van der Waals surface area contributed by atoms with Gasteiger partial charge in [0, 0.05) is 19.0 Å². The third-order valence-corrected chi connectivity index (χ3v) is 3.45. The van der Waals surface area contributed by atoms with Gasteiger partial charge in [-0.3, -0.25) is 14.4 Å². The molecule has 2 aromatic rings. The van der Waals surface area contributed by atoms with Gasteiger partial charge in [0.25, 0.3) is 5.91 Å². The first-order valence-corrected chi connectivity index (χ1v) is 7.85. The van der Waals surface area contributed by atoms with Crippen LogP contribution in [0.3, 0.4) is 0 Å². The van der Waals surface area contributed by atoms with E-state index in [-0.39, 0.29) is 23.6 Å². The zero-order chi connectivity index (χ0) is 18.2. The highest BCUT2D eigenvalue weighted by molar-refractivity contribution is 6.06. The standard InChI is InChI=1S/C19H19NO5/c1-13(21)25-17-7-3-2-6-16(17)19(24)20-15-11-9-14(10-12-15)5-4-8-18(22)23/h2-3,6-7,9-12H,4-5,8H2,1H3,(H,20,24)(H,22,23). The van der Waals surface area contributed by atoms with Crippen LogP contribution in [0, 0.1) is 0 Å². The number of benzene rings is 2. The number of ether oxygens (including phenoxy) is 1. The van der Waals surface area contributed by atoms with Gasteiger partial charge in [-0.2, -0.15) is 0 Å². The van der Waals surface area contributed by atoms with Crippen LogP contribution in [0.15, 0.2) is 48.5 Å². The Labute approximate surface area is 145 Å². The van der Waals surface area contributed by atoms with Crippen molar-refractivity contribution >= 4 is 23.5 Å². The average molecular weight is 341 g/mol. The van der Waals surface area contributed by atoms with Gasteiger partial charge >= 0.3 is 11.9 Å². The van der Waals surface area contributed by atoms with Crippen LogP contribution >= 0.6 is 0 Å². The number of hydrogen-bond acceptors (Lipinski definition) is 4. The molecule has 0 heterocycles. The van der Waals surface area contributed by atoms with E-state index < -0.39 is 11.9 Å². The Bertz CT molecular complexity index is 768. The van der Waals surface area contributed by atoms with Crippen molar-refractivity contribution in [2.45, 2.75) is 26.2 Å². The number of carboxylic acids is 1. The van der Waals surface area contributed by atoms with Gasteiger partial charge in [-0.15, -0.1) is 0 Å². The van der Waals surface area contributed by atoms with Crippen molar-refractivity contribution in [2.24, 2.45) is 0 Å². The highest BCUT2D eigenvalue weighted by Crippen LogP contribution is 2.20. The molecule has 6 heteroatoms. The highest BCUT2D eigenvalue weighted by atomic mass is 16.5. The van der Waals surface area contributed by atoms with E-state index in [1.54, 1.807) is 36.4 Å². The average Bonchev–Trinajstić information content (AvgIpc) is 2.56. The molecule has 0 saturated heterocycles. The molecule has 6 nitrogen and oxygen atoms in total. The lowest BCUT2D eigenvalue weighted by Crippen LogP contribution is -2.14. The molecule has 130 valence electrons. The predicted octanol–water partition coefficient (Wildman–Crippen LogP) is 3.27. The number of aryl methyl sites for hydroxylation is 1. The maximum atomic E-state index is 12.4. The summed E-state index contributed by atoms with van der Waals surface area (Å²) in [6.07, 6.45) is 1.36. The number of rotatable bonds is 7. The summed E-state index contributed by atoms with van der Waals surface area (Å²) in [6.45, 7) is 1.28. The summed E-state index contributed by atoms with van der Waals surface area (Å²) >= 11 is 0. The normalized spacial score (nSPS) is 10.1. The number of aliphatic carboxylic acids is 1. The van der Waals surface area contributed by atoms with Crippen LogP contribution in [0.1, 0.15) is 35.7 Å². The van der Waals surface area contributed by atoms with E-state index in [1.165, 1.54) is 6.92 Å². The molecule has 0 bridgehead atoms. The molecule has 0 spiro atoms. The number of carbonyl (C=O) groups is 3. The van der Waals surface area contributed by atoms with Crippen molar-refractivity contribution in [3.05, 3.63) is 59.7 Å². The second-order valence-corrected chi connectivity index (χ2v) is 5.49. The van der Waals surface area contributed by atoms with Gasteiger partial charge in [0.05, 0.1) is 5.56 Å². The molecule has 1 amide bonds. The maximum Gasteiger partial charge on any atom is 0.308 e. The summed E-state index contributed by atoms with van der Waals surface area (Å²) < 4.78 is 5.04. The molecule has 0 saturated carbocycles. The molecular weight excluding hydrogens is 322 g/mol. The van der Waals surface area contributed by atoms with Gasteiger partial charge in [-0.05, 0) is 42.7 Å². The summed E-state index contributed by atoms with van der Waals surface area (Å²) in [4.78, 5) is 34.0. The van der Waals surface area contributed by atoms with Gasteiger partial charge in [0.1, 0.15) is 5.75 Å². The van der Waals surface area contributed by atoms with E-state index in [9.17, 15) is 14.4 Å². The predicted molar refractivity (Wildman–Crippen MR) is 92.7 cm³/mol. The molecule has 2 aromatic carbocycles. The largest absolute Gasteiger partial charge is 0.481 e. The Morgan fingerprint density at radius 3 is 2.36 bits per heavy atom. The van der Waals surface area contributed by atoms with E-state index in [1.807, 2.05) is 12.1 Å². The number of carbonyl (C=O) groups excluding carboxylic acids is 2. The van der Waals surface area contributed by atoms with Crippen LogP contribution in [-0.4, -0.2) is 23.0 Å². The minimum atomic E-state index is -0.810. The van der Waals surface area contributed by atoms with E-state index in [0.29, 0.717) is 18.5 Å². The first-order chi connectivity index (χ1) is 12.0. The number of hydrogen-bond donors (Lipinski definition) is 2. The van der Waals surface area contributed by atoms with E-state index in [4.69, 9.17) is 9.84 Å². The number of carboxylic acid groups (broad SMARTS) is 1. The molecule has 0 unspecified atom stereocenters. The lowest BCUT2D eigenvalue weighted by atomic mass is 10.1. The second-order valence-electron chi connectivity index (χ2n) is 5.49. The Hall–Kier alpha value is -3.15. The van der Waals surface area contributed by atoms with Crippen molar-refractivity contribution in [1.29, 1.82) is 0 Å². The number of esters is 1. The number of anilines is 1. The summed E-state index contributed by atoms with van der Waals surface area (Å²) in [6, 6.07) is 13.7. The van der Waals surface area contributed by atoms with Crippen molar-refractivity contribution < 1.29 is 24.2 Å². The van der Waals surface area contributed by atoms with Crippen LogP contribution in [0.5, 0.6) is 5.75 Å². The quantitative estimate of drug-likeness (QED) is 0.595. The third kappa shape index (κ3) is 5.76. The van der Waals surface area contributed by atoms with Crippen molar-refractivity contribution in [1.82, 2.24) is 0 Å².